The Morgan fingerprint density at radius 2 is 1.90 bits per heavy atom. The van der Waals surface area contributed by atoms with Crippen molar-refractivity contribution in [2.45, 2.75) is 13.3 Å². The van der Waals surface area contributed by atoms with Crippen molar-refractivity contribution in [3.63, 3.8) is 0 Å². The summed E-state index contributed by atoms with van der Waals surface area (Å²) in [4.78, 5) is 0. The summed E-state index contributed by atoms with van der Waals surface area (Å²) in [5.41, 5.74) is 1.23. The minimum Gasteiger partial charge on any atom is -0.0846 e. The third-order valence-electron chi connectivity index (χ3n) is 1.28. The maximum Gasteiger partial charge on any atom is 0.0420 e. The fourth-order valence-corrected chi connectivity index (χ4v) is 1.34. The lowest BCUT2D eigenvalue weighted by atomic mass is 10.2. The molecular formula is C8H8Cl2. The van der Waals surface area contributed by atoms with Crippen LogP contribution in [0.15, 0.2) is 33.9 Å². The number of hydrogen-bond donors (Lipinski definition) is 0. The van der Waals surface area contributed by atoms with Gasteiger partial charge in [0.1, 0.15) is 0 Å². The second kappa shape index (κ2) is 3.27. The van der Waals surface area contributed by atoms with Crippen LogP contribution in [0.3, 0.4) is 0 Å². The predicted molar refractivity (Wildman–Crippen MR) is 46.2 cm³/mol. The SMILES string of the molecule is CC1=CC(Cl)=CC(Cl)=CC1. The van der Waals surface area contributed by atoms with Gasteiger partial charge in [0, 0.05) is 10.1 Å². The van der Waals surface area contributed by atoms with Crippen LogP contribution in [-0.2, 0) is 0 Å². The van der Waals surface area contributed by atoms with E-state index in [0.29, 0.717) is 5.03 Å². The highest BCUT2D eigenvalue weighted by Crippen LogP contribution is 2.20. The molecule has 0 nitrogen and oxygen atoms in total. The second-order valence-corrected chi connectivity index (χ2v) is 3.19. The summed E-state index contributed by atoms with van der Waals surface area (Å²) < 4.78 is 0. The van der Waals surface area contributed by atoms with Gasteiger partial charge in [0.05, 0.1) is 0 Å². The van der Waals surface area contributed by atoms with Crippen LogP contribution in [0.25, 0.3) is 0 Å². The summed E-state index contributed by atoms with van der Waals surface area (Å²) in [6.45, 7) is 2.03. The van der Waals surface area contributed by atoms with E-state index >= 15 is 0 Å². The summed E-state index contributed by atoms with van der Waals surface area (Å²) in [5, 5.41) is 1.43. The Labute approximate surface area is 70.8 Å². The molecule has 0 aliphatic heterocycles. The van der Waals surface area contributed by atoms with Crippen LogP contribution in [0.2, 0.25) is 0 Å². The van der Waals surface area contributed by atoms with Gasteiger partial charge in [-0.15, -0.1) is 0 Å². The van der Waals surface area contributed by atoms with E-state index < -0.39 is 0 Å². The van der Waals surface area contributed by atoms with E-state index in [9.17, 15) is 0 Å². The molecule has 0 bridgehead atoms. The molecule has 0 saturated heterocycles. The Balaban J connectivity index is 2.90. The maximum absolute atomic E-state index is 5.77. The van der Waals surface area contributed by atoms with Crippen molar-refractivity contribution in [2.24, 2.45) is 0 Å². The predicted octanol–water partition coefficient (Wildman–Crippen LogP) is 3.58. The molecule has 54 valence electrons. The third kappa shape index (κ3) is 2.20. The largest absolute Gasteiger partial charge is 0.0846 e. The summed E-state index contributed by atoms with van der Waals surface area (Å²) >= 11 is 11.5. The topological polar surface area (TPSA) is 0 Å². The van der Waals surface area contributed by atoms with Crippen LogP contribution in [0.5, 0.6) is 0 Å². The summed E-state index contributed by atoms with van der Waals surface area (Å²) in [5.74, 6) is 0. The van der Waals surface area contributed by atoms with Crippen LogP contribution < -0.4 is 0 Å². The van der Waals surface area contributed by atoms with Gasteiger partial charge in [-0.3, -0.25) is 0 Å². The lowest BCUT2D eigenvalue weighted by molar-refractivity contribution is 1.21. The highest BCUT2D eigenvalue weighted by molar-refractivity contribution is 6.35. The normalized spacial score (nSPS) is 18.9. The number of allylic oxidation sites excluding steroid dienone is 6. The molecule has 0 unspecified atom stereocenters. The van der Waals surface area contributed by atoms with Crippen molar-refractivity contribution < 1.29 is 0 Å². The average Bonchev–Trinajstić information content (AvgIpc) is 1.93. The van der Waals surface area contributed by atoms with Gasteiger partial charge in [0.25, 0.3) is 0 Å². The van der Waals surface area contributed by atoms with Gasteiger partial charge in [-0.05, 0) is 25.5 Å². The molecule has 0 aromatic carbocycles. The molecule has 1 aliphatic rings. The summed E-state index contributed by atoms with van der Waals surface area (Å²) in [7, 11) is 0. The molecular weight excluding hydrogens is 167 g/mol. The fourth-order valence-electron chi connectivity index (χ4n) is 0.785. The first-order valence-electron chi connectivity index (χ1n) is 3.08. The molecule has 0 saturated carbocycles. The zero-order chi connectivity index (χ0) is 7.56. The monoisotopic (exact) mass is 174 g/mol. The molecule has 0 radical (unpaired) electrons. The number of halogens is 2. The molecule has 1 rings (SSSR count). The number of rotatable bonds is 0. The zero-order valence-electron chi connectivity index (χ0n) is 5.70. The molecule has 10 heavy (non-hydrogen) atoms. The van der Waals surface area contributed by atoms with E-state index in [2.05, 4.69) is 0 Å². The first-order chi connectivity index (χ1) is 4.68. The minimum atomic E-state index is 0.705. The lowest BCUT2D eigenvalue weighted by Gasteiger charge is -1.89. The van der Waals surface area contributed by atoms with Gasteiger partial charge in [0.2, 0.25) is 0 Å². The van der Waals surface area contributed by atoms with Crippen molar-refractivity contribution in [1.29, 1.82) is 0 Å². The van der Waals surface area contributed by atoms with E-state index in [4.69, 9.17) is 23.2 Å². The van der Waals surface area contributed by atoms with Gasteiger partial charge in [-0.2, -0.15) is 0 Å². The molecule has 0 spiro atoms. The molecule has 2 heteroatoms. The van der Waals surface area contributed by atoms with Gasteiger partial charge in [0.15, 0.2) is 0 Å². The van der Waals surface area contributed by atoms with Gasteiger partial charge in [-0.25, -0.2) is 0 Å². The smallest absolute Gasteiger partial charge is 0.0420 e. The Hall–Kier alpha value is -0.200. The van der Waals surface area contributed by atoms with E-state index in [1.807, 2.05) is 19.1 Å². The van der Waals surface area contributed by atoms with Crippen molar-refractivity contribution in [3.05, 3.63) is 33.9 Å². The molecule has 0 heterocycles. The van der Waals surface area contributed by atoms with Gasteiger partial charge < -0.3 is 0 Å². The van der Waals surface area contributed by atoms with Crippen LogP contribution in [-0.4, -0.2) is 0 Å². The second-order valence-electron chi connectivity index (χ2n) is 2.31. The first-order valence-corrected chi connectivity index (χ1v) is 3.84. The van der Waals surface area contributed by atoms with Crippen LogP contribution in [0.4, 0.5) is 0 Å². The quantitative estimate of drug-likeness (QED) is 0.527. The van der Waals surface area contributed by atoms with Crippen molar-refractivity contribution in [1.82, 2.24) is 0 Å². The Bertz CT molecular complexity index is 221. The molecule has 0 aromatic rings. The molecule has 0 amide bonds. The summed E-state index contributed by atoms with van der Waals surface area (Å²) in [6, 6.07) is 0. The molecule has 0 atom stereocenters. The van der Waals surface area contributed by atoms with E-state index in [1.54, 1.807) is 6.08 Å². The zero-order valence-corrected chi connectivity index (χ0v) is 7.21. The van der Waals surface area contributed by atoms with Crippen LogP contribution >= 0.6 is 23.2 Å². The van der Waals surface area contributed by atoms with Gasteiger partial charge in [-0.1, -0.05) is 34.9 Å². The van der Waals surface area contributed by atoms with E-state index in [0.717, 1.165) is 11.5 Å². The lowest BCUT2D eigenvalue weighted by Crippen LogP contribution is -1.69. The third-order valence-corrected chi connectivity index (χ3v) is 1.76. The Kier molecular flexibility index (Phi) is 2.58. The van der Waals surface area contributed by atoms with Crippen molar-refractivity contribution in [2.75, 3.05) is 0 Å². The van der Waals surface area contributed by atoms with E-state index in [1.165, 1.54) is 5.57 Å². The standard InChI is InChI=1S/C8H8Cl2/c1-6-2-3-7(9)5-8(10)4-6/h3-5H,2H2,1H3. The number of hydrogen-bond acceptors (Lipinski definition) is 0. The summed E-state index contributed by atoms with van der Waals surface area (Å²) in [6.07, 6.45) is 6.52. The molecule has 1 aliphatic carbocycles. The average molecular weight is 175 g/mol. The molecule has 0 N–H and O–H groups in total. The van der Waals surface area contributed by atoms with Gasteiger partial charge >= 0.3 is 0 Å². The first kappa shape index (κ1) is 7.90. The Morgan fingerprint density at radius 1 is 1.20 bits per heavy atom. The van der Waals surface area contributed by atoms with Crippen LogP contribution in [0.1, 0.15) is 13.3 Å². The fraction of sp³-hybridized carbons (Fsp3) is 0.250. The van der Waals surface area contributed by atoms with Crippen LogP contribution in [0, 0.1) is 0 Å². The Morgan fingerprint density at radius 3 is 2.60 bits per heavy atom. The molecule has 0 fully saturated rings. The van der Waals surface area contributed by atoms with Crippen molar-refractivity contribution >= 4 is 23.2 Å². The molecule has 0 aromatic heterocycles. The van der Waals surface area contributed by atoms with Crippen molar-refractivity contribution in [3.8, 4) is 0 Å². The highest BCUT2D eigenvalue weighted by Gasteiger charge is 1.97. The maximum atomic E-state index is 5.77. The van der Waals surface area contributed by atoms with E-state index in [-0.39, 0.29) is 0 Å². The minimum absolute atomic E-state index is 0.705. The highest BCUT2D eigenvalue weighted by atomic mass is 35.5.